The molecule has 1 rings (SSSR count). The molecule has 0 atom stereocenters. The van der Waals surface area contributed by atoms with Gasteiger partial charge in [-0.15, -0.1) is 0 Å². The maximum atomic E-state index is 5.23. The van der Waals surface area contributed by atoms with E-state index >= 15 is 0 Å². The molecule has 0 amide bonds. The van der Waals surface area contributed by atoms with Gasteiger partial charge in [-0.2, -0.15) is 0 Å². The Kier molecular flexibility index (Phi) is 4.43. The van der Waals surface area contributed by atoms with Gasteiger partial charge in [0.15, 0.2) is 11.5 Å². The van der Waals surface area contributed by atoms with E-state index in [1.54, 1.807) is 14.2 Å². The number of ether oxygens (including phenoxy) is 2. The van der Waals surface area contributed by atoms with Crippen molar-refractivity contribution >= 4 is 0 Å². The second kappa shape index (κ2) is 5.61. The zero-order chi connectivity index (χ0) is 11.3. The fraction of sp³-hybridized carbons (Fsp3) is 0.500. The first kappa shape index (κ1) is 11.9. The Hall–Kier alpha value is -1.22. The summed E-state index contributed by atoms with van der Waals surface area (Å²) >= 11 is 0. The van der Waals surface area contributed by atoms with Crippen LogP contribution in [0.2, 0.25) is 0 Å². The lowest BCUT2D eigenvalue weighted by atomic mass is 10.2. The van der Waals surface area contributed by atoms with E-state index in [2.05, 4.69) is 19.2 Å². The van der Waals surface area contributed by atoms with Crippen molar-refractivity contribution in [3.8, 4) is 11.5 Å². The fourth-order valence-corrected chi connectivity index (χ4v) is 1.31. The van der Waals surface area contributed by atoms with Crippen molar-refractivity contribution in [3.63, 3.8) is 0 Å². The van der Waals surface area contributed by atoms with Gasteiger partial charge in [-0.05, 0) is 17.7 Å². The molecule has 3 heteroatoms. The minimum Gasteiger partial charge on any atom is -0.493 e. The van der Waals surface area contributed by atoms with Crippen LogP contribution >= 0.6 is 0 Å². The zero-order valence-corrected chi connectivity index (χ0v) is 9.83. The molecule has 0 bridgehead atoms. The van der Waals surface area contributed by atoms with Crippen LogP contribution < -0.4 is 14.8 Å². The molecule has 0 aliphatic carbocycles. The van der Waals surface area contributed by atoms with Crippen molar-refractivity contribution in [2.45, 2.75) is 26.4 Å². The van der Waals surface area contributed by atoms with Gasteiger partial charge in [0, 0.05) is 12.6 Å². The summed E-state index contributed by atoms with van der Waals surface area (Å²) in [6, 6.07) is 6.44. The van der Waals surface area contributed by atoms with E-state index in [9.17, 15) is 0 Å². The van der Waals surface area contributed by atoms with Crippen LogP contribution in [0.5, 0.6) is 11.5 Å². The van der Waals surface area contributed by atoms with Crippen LogP contribution in [0.25, 0.3) is 0 Å². The maximum absolute atomic E-state index is 5.23. The van der Waals surface area contributed by atoms with Gasteiger partial charge in [0.1, 0.15) is 0 Å². The van der Waals surface area contributed by atoms with Gasteiger partial charge >= 0.3 is 0 Å². The zero-order valence-electron chi connectivity index (χ0n) is 9.83. The predicted octanol–water partition coefficient (Wildman–Crippen LogP) is 2.20. The fourth-order valence-electron chi connectivity index (χ4n) is 1.31. The third-order valence-corrected chi connectivity index (χ3v) is 2.16. The first-order valence-corrected chi connectivity index (χ1v) is 5.11. The van der Waals surface area contributed by atoms with Gasteiger partial charge in [0.2, 0.25) is 0 Å². The van der Waals surface area contributed by atoms with Crippen LogP contribution in [0, 0.1) is 0 Å². The number of rotatable bonds is 5. The van der Waals surface area contributed by atoms with Gasteiger partial charge < -0.3 is 14.8 Å². The topological polar surface area (TPSA) is 30.5 Å². The second-order valence-corrected chi connectivity index (χ2v) is 3.72. The van der Waals surface area contributed by atoms with Gasteiger partial charge in [-0.1, -0.05) is 19.9 Å². The van der Waals surface area contributed by atoms with E-state index in [0.717, 1.165) is 18.0 Å². The van der Waals surface area contributed by atoms with Crippen molar-refractivity contribution in [2.24, 2.45) is 0 Å². The van der Waals surface area contributed by atoms with Gasteiger partial charge in [-0.3, -0.25) is 0 Å². The van der Waals surface area contributed by atoms with Crippen molar-refractivity contribution in [3.05, 3.63) is 23.8 Å². The van der Waals surface area contributed by atoms with Gasteiger partial charge in [-0.25, -0.2) is 0 Å². The van der Waals surface area contributed by atoms with Gasteiger partial charge in [0.05, 0.1) is 14.2 Å². The first-order valence-electron chi connectivity index (χ1n) is 5.11. The summed E-state index contributed by atoms with van der Waals surface area (Å²) in [6.07, 6.45) is 0. The summed E-state index contributed by atoms with van der Waals surface area (Å²) < 4.78 is 10.4. The minimum absolute atomic E-state index is 0.484. The summed E-state index contributed by atoms with van der Waals surface area (Å²) in [5.41, 5.74) is 1.20. The molecule has 1 aromatic carbocycles. The van der Waals surface area contributed by atoms with E-state index in [0.29, 0.717) is 6.04 Å². The number of hydrogen-bond acceptors (Lipinski definition) is 3. The normalized spacial score (nSPS) is 10.5. The molecule has 0 aliphatic heterocycles. The molecule has 0 aromatic heterocycles. The van der Waals surface area contributed by atoms with Crippen molar-refractivity contribution in [2.75, 3.05) is 14.2 Å². The third kappa shape index (κ3) is 3.44. The second-order valence-electron chi connectivity index (χ2n) is 3.72. The Labute approximate surface area is 91.4 Å². The summed E-state index contributed by atoms with van der Waals surface area (Å²) in [5.74, 6) is 1.55. The molecule has 0 saturated heterocycles. The predicted molar refractivity (Wildman–Crippen MR) is 61.5 cm³/mol. The number of methoxy groups -OCH3 is 2. The molecular formula is C12H19NO2. The lowest BCUT2D eigenvalue weighted by Crippen LogP contribution is -2.21. The Morgan fingerprint density at radius 1 is 1.13 bits per heavy atom. The largest absolute Gasteiger partial charge is 0.493 e. The molecule has 1 N–H and O–H groups in total. The standard InChI is InChI=1S/C12H19NO2/c1-9(2)13-8-10-5-6-11(14-3)12(7-10)15-4/h5-7,9,13H,8H2,1-4H3. The van der Waals surface area contributed by atoms with E-state index in [4.69, 9.17) is 9.47 Å². The Balaban J connectivity index is 2.74. The molecule has 0 spiro atoms. The lowest BCUT2D eigenvalue weighted by molar-refractivity contribution is 0.354. The molecular weight excluding hydrogens is 190 g/mol. The Bertz CT molecular complexity index is 310. The third-order valence-electron chi connectivity index (χ3n) is 2.16. The van der Waals surface area contributed by atoms with E-state index in [-0.39, 0.29) is 0 Å². The summed E-state index contributed by atoms with van der Waals surface area (Å²) in [4.78, 5) is 0. The smallest absolute Gasteiger partial charge is 0.161 e. The average Bonchev–Trinajstić information content (AvgIpc) is 2.25. The Morgan fingerprint density at radius 2 is 1.80 bits per heavy atom. The number of benzene rings is 1. The minimum atomic E-state index is 0.484. The van der Waals surface area contributed by atoms with Crippen molar-refractivity contribution in [1.29, 1.82) is 0 Å². The van der Waals surface area contributed by atoms with E-state index in [1.165, 1.54) is 5.56 Å². The van der Waals surface area contributed by atoms with Crippen LogP contribution in [0.4, 0.5) is 0 Å². The highest BCUT2D eigenvalue weighted by Crippen LogP contribution is 2.27. The summed E-state index contributed by atoms with van der Waals surface area (Å²) in [7, 11) is 3.29. The Morgan fingerprint density at radius 3 is 2.33 bits per heavy atom. The highest BCUT2D eigenvalue weighted by molar-refractivity contribution is 5.42. The van der Waals surface area contributed by atoms with Gasteiger partial charge in [0.25, 0.3) is 0 Å². The SMILES string of the molecule is COc1ccc(CNC(C)C)cc1OC. The number of hydrogen-bond donors (Lipinski definition) is 1. The van der Waals surface area contributed by atoms with E-state index < -0.39 is 0 Å². The van der Waals surface area contributed by atoms with Crippen molar-refractivity contribution < 1.29 is 9.47 Å². The molecule has 0 fully saturated rings. The van der Waals surface area contributed by atoms with E-state index in [1.807, 2.05) is 18.2 Å². The summed E-state index contributed by atoms with van der Waals surface area (Å²) in [6.45, 7) is 5.10. The van der Waals surface area contributed by atoms with Crippen LogP contribution in [0.15, 0.2) is 18.2 Å². The van der Waals surface area contributed by atoms with Crippen molar-refractivity contribution in [1.82, 2.24) is 5.32 Å². The first-order chi connectivity index (χ1) is 7.17. The number of nitrogens with one attached hydrogen (secondary N) is 1. The monoisotopic (exact) mass is 209 g/mol. The van der Waals surface area contributed by atoms with Crippen LogP contribution in [-0.2, 0) is 6.54 Å². The molecule has 15 heavy (non-hydrogen) atoms. The maximum Gasteiger partial charge on any atom is 0.161 e. The van der Waals surface area contributed by atoms with Crippen LogP contribution in [-0.4, -0.2) is 20.3 Å². The molecule has 0 heterocycles. The molecule has 0 saturated carbocycles. The molecule has 84 valence electrons. The molecule has 0 aliphatic rings. The molecule has 0 radical (unpaired) electrons. The quantitative estimate of drug-likeness (QED) is 0.806. The molecule has 0 unspecified atom stereocenters. The highest BCUT2D eigenvalue weighted by atomic mass is 16.5. The molecule has 3 nitrogen and oxygen atoms in total. The molecule has 1 aromatic rings. The average molecular weight is 209 g/mol. The van der Waals surface area contributed by atoms with Crippen LogP contribution in [0.1, 0.15) is 19.4 Å². The summed E-state index contributed by atoms with van der Waals surface area (Å²) in [5, 5.41) is 3.35. The van der Waals surface area contributed by atoms with Crippen LogP contribution in [0.3, 0.4) is 0 Å². The highest BCUT2D eigenvalue weighted by Gasteiger charge is 2.04. The lowest BCUT2D eigenvalue weighted by Gasteiger charge is -2.11.